The Hall–Kier alpha value is -7.69. The molecule has 5 aliphatic rings. The van der Waals surface area contributed by atoms with E-state index in [0.717, 1.165) is 0 Å². The molecule has 0 bridgehead atoms. The minimum atomic E-state index is 0.00270. The van der Waals surface area contributed by atoms with Crippen LogP contribution in [-0.2, 0) is 0 Å². The fourth-order valence-corrected chi connectivity index (χ4v) is 14.9. The summed E-state index contributed by atoms with van der Waals surface area (Å²) in [4.78, 5) is 10.4. The Kier molecular flexibility index (Phi) is 7.38. The first-order valence-electron chi connectivity index (χ1n) is 22.5. The molecule has 15 rings (SSSR count). The molecule has 0 radical (unpaired) electrons. The third-order valence-electron chi connectivity index (χ3n) is 14.3. The van der Waals surface area contributed by atoms with Gasteiger partial charge in [-0.15, -0.1) is 0 Å². The topological polar surface area (TPSA) is 13.0 Å². The van der Waals surface area contributed by atoms with Crippen LogP contribution in [-0.4, -0.2) is 27.9 Å². The molecule has 0 atom stereocenters. The fourth-order valence-electron chi connectivity index (χ4n) is 11.7. The van der Waals surface area contributed by atoms with Crippen LogP contribution in [0.15, 0.2) is 218 Å². The van der Waals surface area contributed by atoms with E-state index in [1.165, 1.54) is 112 Å². The number of rotatable bonds is 4. The Morgan fingerprint density at radius 3 is 1.00 bits per heavy atom. The van der Waals surface area contributed by atoms with Gasteiger partial charge in [-0.1, -0.05) is 0 Å². The van der Waals surface area contributed by atoms with E-state index in [1.54, 1.807) is 8.67 Å². The van der Waals surface area contributed by atoms with Gasteiger partial charge in [0.25, 0.3) is 0 Å². The van der Waals surface area contributed by atoms with Crippen LogP contribution >= 0.6 is 0 Å². The van der Waals surface area contributed by atoms with Gasteiger partial charge in [0, 0.05) is 0 Å². The summed E-state index contributed by atoms with van der Waals surface area (Å²) in [5.41, 5.74) is 25.4. The third kappa shape index (κ3) is 4.84. The van der Waals surface area contributed by atoms with E-state index in [-0.39, 0.29) is 27.9 Å². The second-order valence-electron chi connectivity index (χ2n) is 17.6. The second-order valence-corrected chi connectivity index (χ2v) is 19.9. The van der Waals surface area contributed by atoms with Crippen LogP contribution < -0.4 is 50.1 Å². The standard InChI is InChI=1S/C58H36B2N4Se/c1-5-19-37(20-6-1)39-33-49-53-51(35-39)63-47-31-17-18-32-48(47)64-52-36-40(38-21-7-2-8-22-38)34-50-54(52)60(44-28-14-16-30-46(44)62(50)42-25-11-4-12-26-42)58-56(64)55(63)57(65-58)59(53)43-27-13-15-29-45(43)61(49)41-23-9-3-10-24-41/h1-36H. The van der Waals surface area contributed by atoms with Crippen molar-refractivity contribution < 1.29 is 0 Å². The quantitative estimate of drug-likeness (QED) is 0.163. The minimum absolute atomic E-state index is 0.00270. The number of hydrogen-bond acceptors (Lipinski definition) is 4. The normalized spacial score (nSPS) is 14.0. The summed E-state index contributed by atoms with van der Waals surface area (Å²) in [6.45, 7) is 0.180. The van der Waals surface area contributed by atoms with E-state index in [9.17, 15) is 0 Å². The predicted octanol–water partition coefficient (Wildman–Crippen LogP) is 10.6. The van der Waals surface area contributed by atoms with Crippen LogP contribution in [0.3, 0.4) is 0 Å². The van der Waals surface area contributed by atoms with Crippen molar-refractivity contribution in [3.8, 4) is 22.3 Å². The Bertz CT molecular complexity index is 3360. The molecule has 5 aliphatic heterocycles. The first-order valence-corrected chi connectivity index (χ1v) is 24.2. The maximum atomic E-state index is 2.68. The molecule has 7 heteroatoms. The van der Waals surface area contributed by atoms with Gasteiger partial charge in [-0.25, -0.2) is 0 Å². The van der Waals surface area contributed by atoms with Gasteiger partial charge in [0.2, 0.25) is 0 Å². The Morgan fingerprint density at radius 2 is 0.600 bits per heavy atom. The third-order valence-corrected chi connectivity index (χ3v) is 17.0. The Balaban J connectivity index is 1.08. The van der Waals surface area contributed by atoms with Crippen molar-refractivity contribution >= 4 is 127 Å². The van der Waals surface area contributed by atoms with Crippen LogP contribution in [0.5, 0.6) is 0 Å². The zero-order valence-corrected chi connectivity index (χ0v) is 36.8. The van der Waals surface area contributed by atoms with E-state index >= 15 is 0 Å². The zero-order chi connectivity index (χ0) is 42.3. The van der Waals surface area contributed by atoms with E-state index < -0.39 is 0 Å². The van der Waals surface area contributed by atoms with Gasteiger partial charge in [0.15, 0.2) is 0 Å². The van der Waals surface area contributed by atoms with Crippen LogP contribution in [0.4, 0.5) is 68.2 Å². The molecule has 0 aliphatic carbocycles. The summed E-state index contributed by atoms with van der Waals surface area (Å²) in [5, 5.41) is 0. The Morgan fingerprint density at radius 1 is 0.277 bits per heavy atom. The molecule has 0 amide bonds. The number of anilines is 12. The van der Waals surface area contributed by atoms with E-state index in [2.05, 4.69) is 238 Å². The predicted molar refractivity (Wildman–Crippen MR) is 276 cm³/mol. The number of fused-ring (bicyclic) bond motifs is 11. The van der Waals surface area contributed by atoms with Gasteiger partial charge >= 0.3 is 387 Å². The summed E-state index contributed by atoms with van der Waals surface area (Å²) in [7, 11) is 0. The first-order chi connectivity index (χ1) is 32.3. The molecule has 0 spiro atoms. The van der Waals surface area contributed by atoms with Gasteiger partial charge in [-0.05, 0) is 0 Å². The van der Waals surface area contributed by atoms with Crippen LogP contribution in [0.2, 0.25) is 0 Å². The van der Waals surface area contributed by atoms with Gasteiger partial charge < -0.3 is 0 Å². The molecule has 0 N–H and O–H groups in total. The van der Waals surface area contributed by atoms with E-state index in [0.29, 0.717) is 0 Å². The van der Waals surface area contributed by atoms with Crippen molar-refractivity contribution in [3.05, 3.63) is 218 Å². The molecular weight excluding hydrogens is 853 g/mol. The summed E-state index contributed by atoms with van der Waals surface area (Å²) >= 11 is 0.00270. The monoisotopic (exact) mass is 890 g/mol. The van der Waals surface area contributed by atoms with Gasteiger partial charge in [-0.2, -0.15) is 0 Å². The summed E-state index contributed by atoms with van der Waals surface area (Å²) in [6.07, 6.45) is 0. The van der Waals surface area contributed by atoms with Crippen LogP contribution in [0.25, 0.3) is 22.3 Å². The molecule has 0 fully saturated rings. The molecule has 9 aromatic carbocycles. The van der Waals surface area contributed by atoms with Gasteiger partial charge in [0.1, 0.15) is 0 Å². The molecule has 6 heterocycles. The first kappa shape index (κ1) is 35.7. The molecule has 4 nitrogen and oxygen atoms in total. The molecule has 1 aromatic heterocycles. The van der Waals surface area contributed by atoms with Crippen molar-refractivity contribution in [2.24, 2.45) is 0 Å². The zero-order valence-electron chi connectivity index (χ0n) is 35.1. The molecule has 65 heavy (non-hydrogen) atoms. The van der Waals surface area contributed by atoms with Gasteiger partial charge in [0.05, 0.1) is 0 Å². The van der Waals surface area contributed by atoms with Crippen molar-refractivity contribution in [2.75, 3.05) is 19.6 Å². The summed E-state index contributed by atoms with van der Waals surface area (Å²) in [5.74, 6) is 0. The number of nitrogens with zero attached hydrogens (tertiary/aromatic N) is 4. The average Bonchev–Trinajstić information content (AvgIpc) is 3.77. The molecular formula is C58H36B2N4Se. The van der Waals surface area contributed by atoms with Gasteiger partial charge in [-0.3, -0.25) is 0 Å². The molecule has 10 aromatic rings. The van der Waals surface area contributed by atoms with Crippen molar-refractivity contribution in [1.82, 2.24) is 0 Å². The van der Waals surface area contributed by atoms with Crippen molar-refractivity contribution in [3.63, 3.8) is 0 Å². The molecule has 0 unspecified atom stereocenters. The number of benzene rings is 9. The molecule has 300 valence electrons. The molecule has 0 saturated carbocycles. The molecule has 0 saturated heterocycles. The maximum absolute atomic E-state index is 2.68. The van der Waals surface area contributed by atoms with E-state index in [1.807, 2.05) is 0 Å². The van der Waals surface area contributed by atoms with Crippen molar-refractivity contribution in [1.29, 1.82) is 0 Å². The summed E-state index contributed by atoms with van der Waals surface area (Å²) in [6, 6.07) is 81.5. The van der Waals surface area contributed by atoms with E-state index in [4.69, 9.17) is 0 Å². The van der Waals surface area contributed by atoms with Crippen molar-refractivity contribution in [2.45, 2.75) is 0 Å². The SMILES string of the molecule is c1ccc(-c2cc3c4c(c2)N2c5ccccc5N5c6cc(-c7ccccc7)cc7c6B(c6ccccc6N7c6ccccc6)c6[se]c(c2c65)B4c2ccccc2N3c2ccccc2)cc1. The van der Waals surface area contributed by atoms with Crippen LogP contribution in [0, 0.1) is 0 Å². The average molecular weight is 890 g/mol. The fraction of sp³-hybridized carbons (Fsp3) is 0. The van der Waals surface area contributed by atoms with Crippen LogP contribution in [0.1, 0.15) is 0 Å². The number of hydrogen-bond donors (Lipinski definition) is 0. The number of para-hydroxylation sites is 6. The summed E-state index contributed by atoms with van der Waals surface area (Å²) < 4.78 is 3.09. The second kappa shape index (κ2) is 13.4. The Labute approximate surface area is 384 Å².